The van der Waals surface area contributed by atoms with Gasteiger partial charge in [-0.3, -0.25) is 9.69 Å². The molecule has 3 atom stereocenters. The third-order valence-corrected chi connectivity index (χ3v) is 4.34. The minimum Gasteiger partial charge on any atom is -0.481 e. The molecule has 2 heterocycles. The number of carboxylic acids is 1. The van der Waals surface area contributed by atoms with E-state index < -0.39 is 5.97 Å². The van der Waals surface area contributed by atoms with E-state index in [2.05, 4.69) is 25.7 Å². The number of hydrogen-bond donors (Lipinski definition) is 1. The van der Waals surface area contributed by atoms with Crippen molar-refractivity contribution in [2.75, 3.05) is 6.54 Å². The molecule has 2 bridgehead atoms. The lowest BCUT2D eigenvalue weighted by atomic mass is 9.89. The van der Waals surface area contributed by atoms with E-state index in [4.69, 9.17) is 0 Å². The largest absolute Gasteiger partial charge is 0.481 e. The van der Waals surface area contributed by atoms with Gasteiger partial charge in [0.2, 0.25) is 0 Å². The molecule has 0 aromatic carbocycles. The van der Waals surface area contributed by atoms with Gasteiger partial charge in [0.15, 0.2) is 0 Å². The molecule has 0 amide bonds. The third-order valence-electron chi connectivity index (χ3n) is 4.34. The first kappa shape index (κ1) is 12.9. The fourth-order valence-corrected chi connectivity index (χ4v) is 3.51. The Labute approximate surface area is 104 Å². The van der Waals surface area contributed by atoms with Crippen molar-refractivity contribution in [1.29, 1.82) is 0 Å². The van der Waals surface area contributed by atoms with Crippen LogP contribution in [0, 0.1) is 11.3 Å². The zero-order valence-electron chi connectivity index (χ0n) is 11.3. The maximum atomic E-state index is 11.1. The van der Waals surface area contributed by atoms with E-state index in [9.17, 15) is 9.90 Å². The van der Waals surface area contributed by atoms with Gasteiger partial charge in [-0.2, -0.15) is 0 Å². The second kappa shape index (κ2) is 4.60. The highest BCUT2D eigenvalue weighted by Crippen LogP contribution is 2.42. The SMILES string of the molecule is CC(C)(C)CCCN1C2CCC1C(C(=O)O)C2. The van der Waals surface area contributed by atoms with E-state index in [-0.39, 0.29) is 5.92 Å². The quantitative estimate of drug-likeness (QED) is 0.820. The molecule has 0 radical (unpaired) electrons. The monoisotopic (exact) mass is 239 g/mol. The van der Waals surface area contributed by atoms with Gasteiger partial charge in [-0.15, -0.1) is 0 Å². The number of carbonyl (C=O) groups is 1. The van der Waals surface area contributed by atoms with Gasteiger partial charge in [0.05, 0.1) is 5.92 Å². The van der Waals surface area contributed by atoms with Crippen LogP contribution in [0.25, 0.3) is 0 Å². The Morgan fingerprint density at radius 2 is 2.06 bits per heavy atom. The number of carboxylic acid groups (broad SMARTS) is 1. The number of aliphatic carboxylic acids is 1. The molecule has 2 aliphatic heterocycles. The van der Waals surface area contributed by atoms with E-state index in [1.54, 1.807) is 0 Å². The first-order valence-corrected chi connectivity index (χ1v) is 6.87. The topological polar surface area (TPSA) is 40.5 Å². The summed E-state index contributed by atoms with van der Waals surface area (Å²) in [5, 5.41) is 9.18. The predicted octanol–water partition coefficient (Wildman–Crippen LogP) is 2.75. The summed E-state index contributed by atoms with van der Waals surface area (Å²) in [6.07, 6.45) is 5.61. The Kier molecular flexibility index (Phi) is 3.48. The van der Waals surface area contributed by atoms with Gasteiger partial charge in [0.25, 0.3) is 0 Å². The number of fused-ring (bicyclic) bond motifs is 2. The van der Waals surface area contributed by atoms with Gasteiger partial charge in [0, 0.05) is 12.1 Å². The molecule has 0 aromatic heterocycles. The zero-order valence-corrected chi connectivity index (χ0v) is 11.3. The standard InChI is InChI=1S/C14H25NO2/c1-14(2,3)7-4-8-15-10-5-6-12(15)11(9-10)13(16)17/h10-12H,4-9H2,1-3H3,(H,16,17). The van der Waals surface area contributed by atoms with Crippen LogP contribution < -0.4 is 0 Å². The van der Waals surface area contributed by atoms with Gasteiger partial charge in [-0.05, 0) is 44.1 Å². The molecule has 17 heavy (non-hydrogen) atoms. The lowest BCUT2D eigenvalue weighted by molar-refractivity contribution is -0.142. The van der Waals surface area contributed by atoms with E-state index in [0.717, 1.165) is 19.4 Å². The van der Waals surface area contributed by atoms with Gasteiger partial charge in [-0.25, -0.2) is 0 Å². The maximum absolute atomic E-state index is 11.1. The highest BCUT2D eigenvalue weighted by molar-refractivity contribution is 5.71. The van der Waals surface area contributed by atoms with Crippen LogP contribution in [0.3, 0.4) is 0 Å². The molecule has 0 aliphatic carbocycles. The minimum absolute atomic E-state index is 0.0941. The van der Waals surface area contributed by atoms with Crippen LogP contribution in [-0.4, -0.2) is 34.6 Å². The summed E-state index contributed by atoms with van der Waals surface area (Å²) in [5.74, 6) is -0.679. The summed E-state index contributed by atoms with van der Waals surface area (Å²) in [5.41, 5.74) is 0.394. The number of nitrogens with zero attached hydrogens (tertiary/aromatic N) is 1. The van der Waals surface area contributed by atoms with Gasteiger partial charge >= 0.3 is 5.97 Å². The van der Waals surface area contributed by atoms with Crippen molar-refractivity contribution in [1.82, 2.24) is 4.90 Å². The smallest absolute Gasteiger partial charge is 0.308 e. The van der Waals surface area contributed by atoms with Crippen LogP contribution in [0.15, 0.2) is 0 Å². The molecule has 0 aromatic rings. The summed E-state index contributed by atoms with van der Waals surface area (Å²) >= 11 is 0. The third kappa shape index (κ3) is 2.82. The van der Waals surface area contributed by atoms with Gasteiger partial charge in [0.1, 0.15) is 0 Å². The van der Waals surface area contributed by atoms with Crippen molar-refractivity contribution in [2.45, 2.75) is 65.0 Å². The summed E-state index contributed by atoms with van der Waals surface area (Å²) in [6.45, 7) is 7.90. The molecular formula is C14H25NO2. The molecule has 3 heteroatoms. The fraction of sp³-hybridized carbons (Fsp3) is 0.929. The average Bonchev–Trinajstić information content (AvgIpc) is 2.73. The molecule has 2 rings (SSSR count). The molecule has 2 aliphatic rings. The fourth-order valence-electron chi connectivity index (χ4n) is 3.51. The van der Waals surface area contributed by atoms with Crippen LogP contribution in [0.4, 0.5) is 0 Å². The highest BCUT2D eigenvalue weighted by Gasteiger charge is 2.48. The van der Waals surface area contributed by atoms with E-state index in [0.29, 0.717) is 17.5 Å². The zero-order chi connectivity index (χ0) is 12.6. The Balaban J connectivity index is 1.85. The van der Waals surface area contributed by atoms with Gasteiger partial charge in [-0.1, -0.05) is 20.8 Å². The first-order chi connectivity index (χ1) is 7.88. The molecule has 2 fully saturated rings. The van der Waals surface area contributed by atoms with Crippen LogP contribution >= 0.6 is 0 Å². The molecule has 3 unspecified atom stereocenters. The van der Waals surface area contributed by atoms with Gasteiger partial charge < -0.3 is 5.11 Å². The molecule has 2 saturated heterocycles. The number of hydrogen-bond acceptors (Lipinski definition) is 2. The highest BCUT2D eigenvalue weighted by atomic mass is 16.4. The lowest BCUT2D eigenvalue weighted by Gasteiger charge is -2.25. The first-order valence-electron chi connectivity index (χ1n) is 6.87. The van der Waals surface area contributed by atoms with E-state index >= 15 is 0 Å². The van der Waals surface area contributed by atoms with Crippen molar-refractivity contribution in [3.05, 3.63) is 0 Å². The second-order valence-corrected chi connectivity index (χ2v) is 6.88. The van der Waals surface area contributed by atoms with E-state index in [1.807, 2.05) is 0 Å². The summed E-state index contributed by atoms with van der Waals surface area (Å²) < 4.78 is 0. The molecule has 3 nitrogen and oxygen atoms in total. The minimum atomic E-state index is -0.585. The van der Waals surface area contributed by atoms with Crippen molar-refractivity contribution in [2.24, 2.45) is 11.3 Å². The molecule has 0 saturated carbocycles. The summed E-state index contributed by atoms with van der Waals surface area (Å²) in [4.78, 5) is 13.6. The lowest BCUT2D eigenvalue weighted by Crippen LogP contribution is -2.34. The maximum Gasteiger partial charge on any atom is 0.308 e. The number of rotatable bonds is 4. The summed E-state index contributed by atoms with van der Waals surface area (Å²) in [6, 6.07) is 0.888. The Morgan fingerprint density at radius 1 is 1.35 bits per heavy atom. The molecule has 0 spiro atoms. The van der Waals surface area contributed by atoms with Crippen molar-refractivity contribution in [3.8, 4) is 0 Å². The van der Waals surface area contributed by atoms with Crippen molar-refractivity contribution < 1.29 is 9.90 Å². The van der Waals surface area contributed by atoms with Crippen LogP contribution in [0.1, 0.15) is 52.9 Å². The van der Waals surface area contributed by atoms with Crippen molar-refractivity contribution >= 4 is 5.97 Å². The van der Waals surface area contributed by atoms with Crippen LogP contribution in [-0.2, 0) is 4.79 Å². The molecule has 98 valence electrons. The second-order valence-electron chi connectivity index (χ2n) is 6.88. The normalized spacial score (nSPS) is 33.2. The average molecular weight is 239 g/mol. The Bertz CT molecular complexity index is 295. The predicted molar refractivity (Wildman–Crippen MR) is 67.9 cm³/mol. The summed E-state index contributed by atoms with van der Waals surface area (Å²) in [7, 11) is 0. The Hall–Kier alpha value is -0.570. The van der Waals surface area contributed by atoms with Crippen LogP contribution in [0.5, 0.6) is 0 Å². The van der Waals surface area contributed by atoms with Crippen molar-refractivity contribution in [3.63, 3.8) is 0 Å². The van der Waals surface area contributed by atoms with Crippen LogP contribution in [0.2, 0.25) is 0 Å². The Morgan fingerprint density at radius 3 is 2.59 bits per heavy atom. The van der Waals surface area contributed by atoms with E-state index in [1.165, 1.54) is 19.3 Å². The molecule has 1 N–H and O–H groups in total. The molecular weight excluding hydrogens is 214 g/mol.